The molecule has 32 heavy (non-hydrogen) atoms. The highest BCUT2D eigenvalue weighted by molar-refractivity contribution is 7.08. The molecule has 0 N–H and O–H groups in total. The van der Waals surface area contributed by atoms with Gasteiger partial charge in [-0.2, -0.15) is 16.4 Å². The number of hydrogen-bond donors (Lipinski definition) is 0. The largest absolute Gasteiger partial charge is 0.468 e. The predicted molar refractivity (Wildman–Crippen MR) is 129 cm³/mol. The fourth-order valence-electron chi connectivity index (χ4n) is 3.92. The van der Waals surface area contributed by atoms with E-state index < -0.39 is 5.92 Å². The van der Waals surface area contributed by atoms with Gasteiger partial charge in [-0.05, 0) is 52.1 Å². The second-order valence-electron chi connectivity index (χ2n) is 7.77. The van der Waals surface area contributed by atoms with Gasteiger partial charge in [0.05, 0.1) is 31.2 Å². The standard InChI is InChI=1S/C26H28N2O3S/c1-3-4-15-31-17-19-10-12-20(13-11-19)24-23(26(29)30-2)25(21-14-16-32-18-21)28(27-24)22-8-6-5-7-9-22/h5-14,16,18,23,25H,3-4,15,17H2,1-2H3. The van der Waals surface area contributed by atoms with Gasteiger partial charge < -0.3 is 9.47 Å². The molecule has 166 valence electrons. The highest BCUT2D eigenvalue weighted by Crippen LogP contribution is 2.42. The molecule has 0 radical (unpaired) electrons. The number of benzene rings is 2. The van der Waals surface area contributed by atoms with Crippen molar-refractivity contribution in [2.24, 2.45) is 11.0 Å². The van der Waals surface area contributed by atoms with Gasteiger partial charge in [0.25, 0.3) is 0 Å². The van der Waals surface area contributed by atoms with Gasteiger partial charge in [0, 0.05) is 6.61 Å². The number of rotatable bonds is 9. The maximum Gasteiger partial charge on any atom is 0.317 e. The van der Waals surface area contributed by atoms with E-state index >= 15 is 0 Å². The molecule has 1 aromatic heterocycles. The van der Waals surface area contributed by atoms with Crippen LogP contribution in [0.2, 0.25) is 0 Å². The Hall–Kier alpha value is -2.96. The van der Waals surface area contributed by atoms with E-state index in [2.05, 4.69) is 18.4 Å². The van der Waals surface area contributed by atoms with E-state index in [0.717, 1.165) is 47.5 Å². The smallest absolute Gasteiger partial charge is 0.317 e. The van der Waals surface area contributed by atoms with Crippen molar-refractivity contribution in [3.05, 3.63) is 88.1 Å². The Bertz CT molecular complexity index is 1030. The summed E-state index contributed by atoms with van der Waals surface area (Å²) in [5.74, 6) is -0.813. The molecule has 6 heteroatoms. The third kappa shape index (κ3) is 4.76. The average molecular weight is 449 g/mol. The SMILES string of the molecule is CCCCOCc1ccc(C2=NN(c3ccccc3)C(c3ccsc3)C2C(=O)OC)cc1. The Labute approximate surface area is 193 Å². The van der Waals surface area contributed by atoms with Gasteiger partial charge >= 0.3 is 5.97 Å². The highest BCUT2D eigenvalue weighted by Gasteiger charge is 2.45. The Morgan fingerprint density at radius 3 is 2.53 bits per heavy atom. The van der Waals surface area contributed by atoms with Crippen molar-refractivity contribution in [3.63, 3.8) is 0 Å². The van der Waals surface area contributed by atoms with Crippen LogP contribution in [0.15, 0.2) is 76.5 Å². The van der Waals surface area contributed by atoms with E-state index in [1.54, 1.807) is 11.3 Å². The molecule has 5 nitrogen and oxygen atoms in total. The van der Waals surface area contributed by atoms with Gasteiger partial charge in [-0.15, -0.1) is 0 Å². The lowest BCUT2D eigenvalue weighted by Crippen LogP contribution is -2.32. The number of nitrogens with zero attached hydrogens (tertiary/aromatic N) is 2. The molecule has 1 aliphatic heterocycles. The zero-order valence-corrected chi connectivity index (χ0v) is 19.3. The average Bonchev–Trinajstić information content (AvgIpc) is 3.50. The van der Waals surface area contributed by atoms with E-state index in [1.807, 2.05) is 65.0 Å². The zero-order valence-electron chi connectivity index (χ0n) is 18.4. The Morgan fingerprint density at radius 2 is 1.88 bits per heavy atom. The minimum Gasteiger partial charge on any atom is -0.468 e. The molecule has 2 heterocycles. The minimum absolute atomic E-state index is 0.261. The summed E-state index contributed by atoms with van der Waals surface area (Å²) in [6.07, 6.45) is 2.19. The summed E-state index contributed by atoms with van der Waals surface area (Å²) >= 11 is 1.61. The number of thiophene rings is 1. The molecule has 0 saturated heterocycles. The molecule has 3 aromatic rings. The summed E-state index contributed by atoms with van der Waals surface area (Å²) in [6, 6.07) is 19.9. The number of methoxy groups -OCH3 is 1. The minimum atomic E-state index is -0.526. The van der Waals surface area contributed by atoms with Gasteiger partial charge in [-0.25, -0.2) is 0 Å². The summed E-state index contributed by atoms with van der Waals surface area (Å²) in [5, 5.41) is 11.0. The van der Waals surface area contributed by atoms with E-state index in [-0.39, 0.29) is 12.0 Å². The van der Waals surface area contributed by atoms with E-state index in [1.165, 1.54) is 7.11 Å². The number of para-hydroxylation sites is 1. The van der Waals surface area contributed by atoms with Crippen molar-refractivity contribution in [1.29, 1.82) is 0 Å². The van der Waals surface area contributed by atoms with Crippen LogP contribution in [0.25, 0.3) is 0 Å². The normalized spacial score (nSPS) is 17.9. The van der Waals surface area contributed by atoms with Crippen LogP contribution in [0, 0.1) is 5.92 Å². The third-order valence-electron chi connectivity index (χ3n) is 5.61. The number of anilines is 1. The number of ether oxygens (including phenoxy) is 2. The van der Waals surface area contributed by atoms with Crippen LogP contribution < -0.4 is 5.01 Å². The molecule has 2 unspecified atom stereocenters. The fraction of sp³-hybridized carbons (Fsp3) is 0.308. The van der Waals surface area contributed by atoms with Crippen LogP contribution >= 0.6 is 11.3 Å². The summed E-state index contributed by atoms with van der Waals surface area (Å²) in [4.78, 5) is 13.0. The third-order valence-corrected chi connectivity index (χ3v) is 6.31. The second kappa shape index (κ2) is 10.6. The van der Waals surface area contributed by atoms with Gasteiger partial charge in [0.15, 0.2) is 0 Å². The van der Waals surface area contributed by atoms with Crippen molar-refractivity contribution in [1.82, 2.24) is 0 Å². The van der Waals surface area contributed by atoms with Crippen molar-refractivity contribution < 1.29 is 14.3 Å². The molecule has 0 amide bonds. The topological polar surface area (TPSA) is 51.1 Å². The fourth-order valence-corrected chi connectivity index (χ4v) is 4.61. The van der Waals surface area contributed by atoms with Crippen molar-refractivity contribution in [3.8, 4) is 0 Å². The number of carbonyl (C=O) groups excluding carboxylic acids is 1. The Kier molecular flexibility index (Phi) is 7.35. The molecule has 0 spiro atoms. The first kappa shape index (κ1) is 22.2. The maximum atomic E-state index is 13.0. The molecule has 0 bridgehead atoms. The molecule has 0 saturated carbocycles. The molecule has 0 fully saturated rings. The van der Waals surface area contributed by atoms with Crippen molar-refractivity contribution in [2.75, 3.05) is 18.7 Å². The highest BCUT2D eigenvalue weighted by atomic mass is 32.1. The second-order valence-corrected chi connectivity index (χ2v) is 8.55. The maximum absolute atomic E-state index is 13.0. The number of carbonyl (C=O) groups is 1. The number of esters is 1. The summed E-state index contributed by atoms with van der Waals surface area (Å²) in [5.41, 5.74) is 4.72. The summed E-state index contributed by atoms with van der Waals surface area (Å²) in [6.45, 7) is 3.50. The number of hydrazone groups is 1. The van der Waals surface area contributed by atoms with Gasteiger partial charge in [-0.1, -0.05) is 55.8 Å². The van der Waals surface area contributed by atoms with Crippen LogP contribution in [0.1, 0.15) is 42.5 Å². The monoisotopic (exact) mass is 448 g/mol. The first-order valence-corrected chi connectivity index (χ1v) is 11.9. The zero-order chi connectivity index (χ0) is 22.3. The lowest BCUT2D eigenvalue weighted by molar-refractivity contribution is -0.143. The van der Waals surface area contributed by atoms with Crippen LogP contribution in [0.3, 0.4) is 0 Å². The lowest BCUT2D eigenvalue weighted by Gasteiger charge is -2.26. The van der Waals surface area contributed by atoms with Crippen LogP contribution in [-0.4, -0.2) is 25.4 Å². The first-order chi connectivity index (χ1) is 15.7. The predicted octanol–water partition coefficient (Wildman–Crippen LogP) is 5.82. The molecular formula is C26H28N2O3S. The van der Waals surface area contributed by atoms with Crippen molar-refractivity contribution >= 4 is 28.7 Å². The quantitative estimate of drug-likeness (QED) is 0.306. The Morgan fingerprint density at radius 1 is 1.09 bits per heavy atom. The molecule has 4 rings (SSSR count). The molecule has 2 atom stereocenters. The number of hydrogen-bond acceptors (Lipinski definition) is 6. The molecular weight excluding hydrogens is 420 g/mol. The van der Waals surface area contributed by atoms with E-state index in [0.29, 0.717) is 6.61 Å². The van der Waals surface area contributed by atoms with Gasteiger partial charge in [0.2, 0.25) is 0 Å². The summed E-state index contributed by atoms with van der Waals surface area (Å²) < 4.78 is 11.0. The van der Waals surface area contributed by atoms with Crippen LogP contribution in [-0.2, 0) is 20.9 Å². The van der Waals surface area contributed by atoms with Gasteiger partial charge in [-0.3, -0.25) is 9.80 Å². The van der Waals surface area contributed by atoms with E-state index in [9.17, 15) is 4.79 Å². The molecule has 2 aromatic carbocycles. The lowest BCUT2D eigenvalue weighted by atomic mass is 9.87. The number of unbranched alkanes of at least 4 members (excludes halogenated alkanes) is 1. The Balaban J connectivity index is 1.68. The van der Waals surface area contributed by atoms with Crippen molar-refractivity contribution in [2.45, 2.75) is 32.4 Å². The van der Waals surface area contributed by atoms with Crippen LogP contribution in [0.5, 0.6) is 0 Å². The van der Waals surface area contributed by atoms with Crippen LogP contribution in [0.4, 0.5) is 5.69 Å². The van der Waals surface area contributed by atoms with Gasteiger partial charge in [0.1, 0.15) is 5.92 Å². The summed E-state index contributed by atoms with van der Waals surface area (Å²) in [7, 11) is 1.44. The first-order valence-electron chi connectivity index (χ1n) is 10.9. The molecule has 1 aliphatic rings. The van der Waals surface area contributed by atoms with E-state index in [4.69, 9.17) is 14.6 Å². The molecule has 0 aliphatic carbocycles.